The summed E-state index contributed by atoms with van der Waals surface area (Å²) < 4.78 is 13.3. The summed E-state index contributed by atoms with van der Waals surface area (Å²) in [4.78, 5) is 52.3. The predicted octanol–water partition coefficient (Wildman–Crippen LogP) is 8.15. The zero-order chi connectivity index (χ0) is 39.2. The molecule has 1 saturated carbocycles. The van der Waals surface area contributed by atoms with Gasteiger partial charge in [-0.25, -0.2) is 14.8 Å². The van der Waals surface area contributed by atoms with Gasteiger partial charge in [-0.1, -0.05) is 41.7 Å². The van der Waals surface area contributed by atoms with E-state index in [0.717, 1.165) is 77.0 Å². The number of pyridine rings is 1. The number of aliphatic carboxylic acids is 1. The molecule has 0 radical (unpaired) electrons. The standard InChI is InChI=1S/C44H47N5O6S/c1-27-22-29(54-30-23-44(24-30)17-20-48(21-18-44)26-38(50)51)12-13-31(27)32-14-15-37(46-39(32)41(53)55-43(2,3)4)49-19-16-28-8-7-9-33(34(28)25-49)40(52)47-42-45-35-10-5-6-11-36(35)56-42/h5-15,22,30H,16-21,23-26H2,1-4H3,(H,50,51)(H,45,47,52). The van der Waals surface area contributed by atoms with Crippen molar-refractivity contribution in [3.05, 3.63) is 101 Å². The number of nitrogens with one attached hydrogen (secondary N) is 1. The van der Waals surface area contributed by atoms with Crippen molar-refractivity contribution < 1.29 is 29.0 Å². The Morgan fingerprint density at radius 1 is 0.946 bits per heavy atom. The van der Waals surface area contributed by atoms with Gasteiger partial charge in [0.15, 0.2) is 10.8 Å². The zero-order valence-electron chi connectivity index (χ0n) is 32.3. The molecule has 2 fully saturated rings. The second kappa shape index (κ2) is 15.0. The molecule has 0 unspecified atom stereocenters. The first-order valence-corrected chi connectivity index (χ1v) is 20.1. The van der Waals surface area contributed by atoms with Crippen molar-refractivity contribution in [3.8, 4) is 16.9 Å². The Labute approximate surface area is 330 Å². The van der Waals surface area contributed by atoms with E-state index in [0.29, 0.717) is 41.6 Å². The average Bonchev–Trinajstić information content (AvgIpc) is 3.56. The van der Waals surface area contributed by atoms with E-state index in [9.17, 15) is 14.4 Å². The van der Waals surface area contributed by atoms with E-state index in [2.05, 4.69) is 21.3 Å². The number of amides is 1. The van der Waals surface area contributed by atoms with E-state index in [1.807, 2.05) is 99.3 Å². The number of nitrogens with zero attached hydrogens (tertiary/aromatic N) is 4. The number of carbonyl (C=O) groups excluding carboxylic acids is 2. The predicted molar refractivity (Wildman–Crippen MR) is 218 cm³/mol. The number of likely N-dealkylation sites (tertiary alicyclic amines) is 1. The van der Waals surface area contributed by atoms with Crippen molar-refractivity contribution in [1.82, 2.24) is 14.9 Å². The van der Waals surface area contributed by atoms with Gasteiger partial charge < -0.3 is 19.5 Å². The summed E-state index contributed by atoms with van der Waals surface area (Å²) in [5.41, 5.74) is 5.72. The van der Waals surface area contributed by atoms with Gasteiger partial charge in [0, 0.05) is 24.2 Å². The Balaban J connectivity index is 1.00. The van der Waals surface area contributed by atoms with E-state index in [4.69, 9.17) is 19.6 Å². The van der Waals surface area contributed by atoms with Gasteiger partial charge in [-0.3, -0.25) is 19.8 Å². The maximum absolute atomic E-state index is 13.8. The van der Waals surface area contributed by atoms with Gasteiger partial charge in [-0.05, 0) is 143 Å². The van der Waals surface area contributed by atoms with Crippen molar-refractivity contribution >= 4 is 50.3 Å². The first-order valence-electron chi connectivity index (χ1n) is 19.3. The number of carboxylic acid groups (broad SMARTS) is 1. The van der Waals surface area contributed by atoms with Crippen LogP contribution < -0.4 is 15.0 Å². The Kier molecular flexibility index (Phi) is 10.0. The molecule has 2 aromatic heterocycles. The first-order chi connectivity index (χ1) is 26.8. The van der Waals surface area contributed by atoms with E-state index in [1.54, 1.807) is 0 Å². The second-order valence-corrected chi connectivity index (χ2v) is 17.4. The molecule has 8 rings (SSSR count). The highest BCUT2D eigenvalue weighted by atomic mass is 32.1. The van der Waals surface area contributed by atoms with Crippen LogP contribution >= 0.6 is 11.3 Å². The molecule has 11 nitrogen and oxygen atoms in total. The molecule has 56 heavy (non-hydrogen) atoms. The van der Waals surface area contributed by atoms with Crippen LogP contribution in [0.5, 0.6) is 5.75 Å². The topological polar surface area (TPSA) is 134 Å². The average molecular weight is 774 g/mol. The second-order valence-electron chi connectivity index (χ2n) is 16.4. The lowest BCUT2D eigenvalue weighted by atomic mass is 9.61. The Morgan fingerprint density at radius 3 is 2.45 bits per heavy atom. The third-order valence-corrected chi connectivity index (χ3v) is 12.2. The van der Waals surface area contributed by atoms with Gasteiger partial charge >= 0.3 is 11.9 Å². The number of esters is 1. The van der Waals surface area contributed by atoms with Crippen LogP contribution in [0.4, 0.5) is 10.9 Å². The number of aromatic nitrogens is 2. The molecule has 1 saturated heterocycles. The summed E-state index contributed by atoms with van der Waals surface area (Å²) in [7, 11) is 0. The minimum Gasteiger partial charge on any atom is -0.490 e. The van der Waals surface area contributed by atoms with Gasteiger partial charge in [0.25, 0.3) is 5.91 Å². The van der Waals surface area contributed by atoms with E-state index < -0.39 is 17.5 Å². The molecule has 290 valence electrons. The fourth-order valence-electron chi connectivity index (χ4n) is 8.38. The summed E-state index contributed by atoms with van der Waals surface area (Å²) >= 11 is 1.45. The molecule has 1 spiro atoms. The number of hydrogen-bond acceptors (Lipinski definition) is 10. The zero-order valence-corrected chi connectivity index (χ0v) is 33.1. The number of aryl methyl sites for hydroxylation is 1. The van der Waals surface area contributed by atoms with Crippen molar-refractivity contribution in [2.75, 3.05) is 36.4 Å². The summed E-state index contributed by atoms with van der Waals surface area (Å²) in [6, 6.07) is 23.5. The summed E-state index contributed by atoms with van der Waals surface area (Å²) in [5, 5.41) is 12.7. The smallest absolute Gasteiger partial charge is 0.358 e. The number of carbonyl (C=O) groups is 3. The number of rotatable bonds is 9. The van der Waals surface area contributed by atoms with Crippen LogP contribution in [0.1, 0.15) is 84.0 Å². The molecule has 2 aliphatic heterocycles. The fourth-order valence-corrected chi connectivity index (χ4v) is 9.24. The molecule has 3 aromatic carbocycles. The number of fused-ring (bicyclic) bond motifs is 2. The van der Waals surface area contributed by atoms with Crippen LogP contribution in [0.25, 0.3) is 21.3 Å². The summed E-state index contributed by atoms with van der Waals surface area (Å²) in [6.45, 7) is 10.4. The first kappa shape index (κ1) is 37.6. The number of para-hydroxylation sites is 1. The van der Waals surface area contributed by atoms with Crippen LogP contribution in [0.2, 0.25) is 0 Å². The van der Waals surface area contributed by atoms with E-state index in [1.165, 1.54) is 11.3 Å². The molecule has 12 heteroatoms. The maximum atomic E-state index is 13.8. The lowest BCUT2D eigenvalue weighted by Crippen LogP contribution is -2.51. The van der Waals surface area contributed by atoms with Crippen molar-refractivity contribution in [2.45, 2.75) is 78.0 Å². The number of benzene rings is 3. The van der Waals surface area contributed by atoms with Gasteiger partial charge in [0.1, 0.15) is 17.2 Å². The molecule has 4 heterocycles. The van der Waals surface area contributed by atoms with Gasteiger partial charge in [0.2, 0.25) is 0 Å². The Morgan fingerprint density at radius 2 is 1.71 bits per heavy atom. The van der Waals surface area contributed by atoms with Crippen LogP contribution in [-0.4, -0.2) is 75.7 Å². The highest BCUT2D eigenvalue weighted by molar-refractivity contribution is 7.22. The molecule has 5 aromatic rings. The fraction of sp³-hybridized carbons (Fsp3) is 0.386. The molecular weight excluding hydrogens is 727 g/mol. The quantitative estimate of drug-likeness (QED) is 0.141. The summed E-state index contributed by atoms with van der Waals surface area (Å²) in [5.74, 6) is -0.0683. The van der Waals surface area contributed by atoms with Crippen LogP contribution in [-0.2, 0) is 22.5 Å². The number of anilines is 2. The SMILES string of the molecule is Cc1cc(OC2CC3(CCN(CC(=O)O)CC3)C2)ccc1-c1ccc(N2CCc3cccc(C(=O)Nc4nc5ccccc5s4)c3C2)nc1C(=O)OC(C)(C)C. The maximum Gasteiger partial charge on any atom is 0.358 e. The lowest BCUT2D eigenvalue weighted by Gasteiger charge is -2.51. The van der Waals surface area contributed by atoms with Gasteiger partial charge in [0.05, 0.1) is 22.9 Å². The minimum atomic E-state index is -0.772. The highest BCUT2D eigenvalue weighted by Gasteiger charge is 2.47. The Hall–Kier alpha value is -5.33. The highest BCUT2D eigenvalue weighted by Crippen LogP contribution is 2.50. The molecular formula is C44H47N5O6S. The summed E-state index contributed by atoms with van der Waals surface area (Å²) in [6.07, 6.45) is 4.78. The monoisotopic (exact) mass is 773 g/mol. The number of ether oxygens (including phenoxy) is 2. The van der Waals surface area contributed by atoms with Crippen LogP contribution in [0.15, 0.2) is 72.8 Å². The number of thiazole rings is 1. The van der Waals surface area contributed by atoms with Crippen molar-refractivity contribution in [1.29, 1.82) is 0 Å². The Bertz CT molecular complexity index is 2280. The normalized spacial score (nSPS) is 17.0. The largest absolute Gasteiger partial charge is 0.490 e. The van der Waals surface area contributed by atoms with Crippen LogP contribution in [0, 0.1) is 12.3 Å². The third-order valence-electron chi connectivity index (χ3n) is 11.2. The number of hydrogen-bond donors (Lipinski definition) is 2. The number of piperidine rings is 1. The van der Waals surface area contributed by atoms with Crippen LogP contribution in [0.3, 0.4) is 0 Å². The third kappa shape index (κ3) is 7.99. The molecule has 0 atom stereocenters. The molecule has 2 N–H and O–H groups in total. The van der Waals surface area contributed by atoms with Gasteiger partial charge in [-0.15, -0.1) is 0 Å². The molecule has 1 aliphatic carbocycles. The van der Waals surface area contributed by atoms with E-state index >= 15 is 0 Å². The number of carboxylic acids is 1. The molecule has 0 bridgehead atoms. The van der Waals surface area contributed by atoms with Crippen molar-refractivity contribution in [2.24, 2.45) is 5.41 Å². The molecule has 3 aliphatic rings. The lowest BCUT2D eigenvalue weighted by molar-refractivity contribution is -0.139. The van der Waals surface area contributed by atoms with E-state index in [-0.39, 0.29) is 29.7 Å². The van der Waals surface area contributed by atoms with Crippen molar-refractivity contribution in [3.63, 3.8) is 0 Å². The van der Waals surface area contributed by atoms with Gasteiger partial charge in [-0.2, -0.15) is 0 Å². The minimum absolute atomic E-state index is 0.107. The molecule has 1 amide bonds.